The van der Waals surface area contributed by atoms with Gasteiger partial charge in [0.25, 0.3) is 0 Å². The molecule has 3 rings (SSSR count). The number of halogens is 3. The molecule has 2 aliphatic rings. The lowest BCUT2D eigenvalue weighted by molar-refractivity contribution is -0.170. The standard InChI is InChI=1S/C17H20F3N3O5/c1-3-26-13-14(28-15(24)11-5-4-8-27-11)23(16(25)22(13)2)12-9-10(6-7-21-12)17(18,19)20/h6-7,9,11,13-14H,3-5,8H2,1-2H3. The first kappa shape index (κ1) is 20.3. The number of carbonyl (C=O) groups excluding carboxylic acids is 2. The summed E-state index contributed by atoms with van der Waals surface area (Å²) < 4.78 is 55.4. The highest BCUT2D eigenvalue weighted by Gasteiger charge is 2.50. The minimum Gasteiger partial charge on any atom is -0.434 e. The summed E-state index contributed by atoms with van der Waals surface area (Å²) >= 11 is 0. The minimum atomic E-state index is -4.62. The Bertz CT molecular complexity index is 739. The summed E-state index contributed by atoms with van der Waals surface area (Å²) in [4.78, 5) is 31.0. The number of hydrogen-bond donors (Lipinski definition) is 0. The molecule has 11 heteroatoms. The number of amides is 2. The summed E-state index contributed by atoms with van der Waals surface area (Å²) in [5.74, 6) is -0.994. The Balaban J connectivity index is 1.93. The number of nitrogens with zero attached hydrogens (tertiary/aromatic N) is 3. The number of pyridine rings is 1. The van der Waals surface area contributed by atoms with Gasteiger partial charge in [-0.05, 0) is 31.9 Å². The van der Waals surface area contributed by atoms with E-state index >= 15 is 0 Å². The lowest BCUT2D eigenvalue weighted by atomic mass is 10.2. The number of rotatable bonds is 5. The van der Waals surface area contributed by atoms with Crippen LogP contribution < -0.4 is 4.90 Å². The van der Waals surface area contributed by atoms with Crippen molar-refractivity contribution < 1.29 is 37.0 Å². The van der Waals surface area contributed by atoms with Crippen LogP contribution in [0.5, 0.6) is 0 Å². The fourth-order valence-corrected chi connectivity index (χ4v) is 3.10. The molecule has 2 fully saturated rings. The van der Waals surface area contributed by atoms with Crippen LogP contribution in [0.4, 0.5) is 23.8 Å². The summed E-state index contributed by atoms with van der Waals surface area (Å²) in [5, 5.41) is 0. The van der Waals surface area contributed by atoms with Crippen LogP contribution in [-0.4, -0.2) is 60.7 Å². The number of anilines is 1. The molecule has 28 heavy (non-hydrogen) atoms. The molecule has 1 aromatic rings. The highest BCUT2D eigenvalue weighted by molar-refractivity contribution is 5.94. The van der Waals surface area contributed by atoms with E-state index in [2.05, 4.69) is 4.98 Å². The Morgan fingerprint density at radius 2 is 2.14 bits per heavy atom. The van der Waals surface area contributed by atoms with E-state index < -0.39 is 42.3 Å². The second-order valence-electron chi connectivity index (χ2n) is 6.34. The molecule has 0 bridgehead atoms. The zero-order chi connectivity index (χ0) is 20.5. The van der Waals surface area contributed by atoms with Gasteiger partial charge in [-0.25, -0.2) is 19.5 Å². The van der Waals surface area contributed by atoms with Crippen LogP contribution in [0.25, 0.3) is 0 Å². The summed E-state index contributed by atoms with van der Waals surface area (Å²) in [6.45, 7) is 2.29. The molecule has 2 amide bonds. The van der Waals surface area contributed by atoms with E-state index in [0.717, 1.165) is 28.1 Å². The van der Waals surface area contributed by atoms with Crippen molar-refractivity contribution in [3.8, 4) is 0 Å². The molecule has 3 heterocycles. The molecule has 2 saturated heterocycles. The van der Waals surface area contributed by atoms with Gasteiger partial charge in [0.15, 0.2) is 12.3 Å². The Morgan fingerprint density at radius 1 is 1.39 bits per heavy atom. The highest BCUT2D eigenvalue weighted by Crippen LogP contribution is 2.34. The highest BCUT2D eigenvalue weighted by atomic mass is 19.4. The SMILES string of the molecule is CCOC1C(OC(=O)C2CCCO2)N(c2cc(C(F)(F)F)ccn2)C(=O)N1C. The number of aromatic nitrogens is 1. The van der Waals surface area contributed by atoms with Gasteiger partial charge in [0.2, 0.25) is 6.23 Å². The molecule has 0 aliphatic carbocycles. The zero-order valence-electron chi connectivity index (χ0n) is 15.3. The summed E-state index contributed by atoms with van der Waals surface area (Å²) in [7, 11) is 1.41. The molecule has 3 atom stereocenters. The molecule has 154 valence electrons. The molecule has 0 spiro atoms. The van der Waals surface area contributed by atoms with Gasteiger partial charge in [0, 0.05) is 26.5 Å². The van der Waals surface area contributed by atoms with Crippen molar-refractivity contribution in [1.82, 2.24) is 9.88 Å². The van der Waals surface area contributed by atoms with Crippen molar-refractivity contribution in [3.05, 3.63) is 23.9 Å². The molecule has 2 aliphatic heterocycles. The molecular weight excluding hydrogens is 383 g/mol. The second kappa shape index (κ2) is 7.92. The minimum absolute atomic E-state index is 0.195. The van der Waals surface area contributed by atoms with Gasteiger partial charge in [-0.1, -0.05) is 0 Å². The van der Waals surface area contributed by atoms with Crippen LogP contribution >= 0.6 is 0 Å². The molecule has 0 radical (unpaired) electrons. The molecule has 8 nitrogen and oxygen atoms in total. The quantitative estimate of drug-likeness (QED) is 0.703. The van der Waals surface area contributed by atoms with Crippen molar-refractivity contribution in [3.63, 3.8) is 0 Å². The van der Waals surface area contributed by atoms with E-state index in [0.29, 0.717) is 19.4 Å². The number of likely N-dealkylation sites (N-methyl/N-ethyl adjacent to an activating group) is 1. The van der Waals surface area contributed by atoms with Crippen LogP contribution in [0.3, 0.4) is 0 Å². The van der Waals surface area contributed by atoms with E-state index in [-0.39, 0.29) is 12.4 Å². The predicted octanol–water partition coefficient (Wildman–Crippen LogP) is 2.38. The number of hydrogen-bond acceptors (Lipinski definition) is 6. The van der Waals surface area contributed by atoms with Gasteiger partial charge in [-0.15, -0.1) is 0 Å². The third kappa shape index (κ3) is 3.90. The number of carbonyl (C=O) groups is 2. The first-order valence-electron chi connectivity index (χ1n) is 8.77. The van der Waals surface area contributed by atoms with Crippen LogP contribution in [0.2, 0.25) is 0 Å². The van der Waals surface area contributed by atoms with E-state index in [1.807, 2.05) is 0 Å². The summed E-state index contributed by atoms with van der Waals surface area (Å²) in [5.41, 5.74) is -0.975. The van der Waals surface area contributed by atoms with Gasteiger partial charge in [0.1, 0.15) is 5.82 Å². The van der Waals surface area contributed by atoms with Gasteiger partial charge in [0.05, 0.1) is 5.56 Å². The van der Waals surface area contributed by atoms with E-state index in [1.165, 1.54) is 7.05 Å². The monoisotopic (exact) mass is 403 g/mol. The van der Waals surface area contributed by atoms with Crippen molar-refractivity contribution in [1.29, 1.82) is 0 Å². The first-order chi connectivity index (χ1) is 13.2. The zero-order valence-corrected chi connectivity index (χ0v) is 15.3. The predicted molar refractivity (Wildman–Crippen MR) is 89.1 cm³/mol. The van der Waals surface area contributed by atoms with Crippen molar-refractivity contribution in [2.45, 2.75) is 44.5 Å². The fraction of sp³-hybridized carbons (Fsp3) is 0.588. The first-order valence-corrected chi connectivity index (χ1v) is 8.77. The van der Waals surface area contributed by atoms with Crippen molar-refractivity contribution in [2.24, 2.45) is 0 Å². The second-order valence-corrected chi connectivity index (χ2v) is 6.34. The topological polar surface area (TPSA) is 81.2 Å². The summed E-state index contributed by atoms with van der Waals surface area (Å²) in [6, 6.07) is 0.823. The third-order valence-corrected chi connectivity index (χ3v) is 4.47. The number of ether oxygens (including phenoxy) is 3. The maximum absolute atomic E-state index is 13.1. The average molecular weight is 403 g/mol. The lowest BCUT2D eigenvalue weighted by Crippen LogP contribution is -2.44. The molecular formula is C17H20F3N3O5. The number of alkyl halides is 3. The Morgan fingerprint density at radius 3 is 2.75 bits per heavy atom. The van der Waals surface area contributed by atoms with Gasteiger partial charge >= 0.3 is 18.2 Å². The Labute approximate surface area is 159 Å². The van der Waals surface area contributed by atoms with Crippen LogP contribution in [0.1, 0.15) is 25.3 Å². The van der Waals surface area contributed by atoms with Crippen molar-refractivity contribution in [2.75, 3.05) is 25.2 Å². The average Bonchev–Trinajstić information content (AvgIpc) is 3.25. The van der Waals surface area contributed by atoms with E-state index in [9.17, 15) is 22.8 Å². The maximum atomic E-state index is 13.1. The Kier molecular flexibility index (Phi) is 5.75. The van der Waals surface area contributed by atoms with E-state index in [4.69, 9.17) is 14.2 Å². The van der Waals surface area contributed by atoms with Crippen LogP contribution in [-0.2, 0) is 25.2 Å². The van der Waals surface area contributed by atoms with Crippen molar-refractivity contribution >= 4 is 17.8 Å². The smallest absolute Gasteiger partial charge is 0.416 e. The molecule has 1 aromatic heterocycles. The molecule has 0 aromatic carbocycles. The largest absolute Gasteiger partial charge is 0.434 e. The summed E-state index contributed by atoms with van der Waals surface area (Å²) in [6.07, 6.45) is -5.59. The fourth-order valence-electron chi connectivity index (χ4n) is 3.10. The third-order valence-electron chi connectivity index (χ3n) is 4.47. The molecule has 0 saturated carbocycles. The maximum Gasteiger partial charge on any atom is 0.416 e. The molecule has 3 unspecified atom stereocenters. The van der Waals surface area contributed by atoms with Gasteiger partial charge < -0.3 is 14.2 Å². The number of esters is 1. The normalized spacial score (nSPS) is 25.5. The lowest BCUT2D eigenvalue weighted by Gasteiger charge is -2.27. The van der Waals surface area contributed by atoms with E-state index in [1.54, 1.807) is 6.92 Å². The number of urea groups is 1. The Hall–Kier alpha value is -2.40. The van der Waals surface area contributed by atoms with Crippen LogP contribution in [0, 0.1) is 0 Å². The van der Waals surface area contributed by atoms with Gasteiger partial charge in [-0.2, -0.15) is 13.2 Å². The van der Waals surface area contributed by atoms with Crippen LogP contribution in [0.15, 0.2) is 18.3 Å². The molecule has 0 N–H and O–H groups in total. The van der Waals surface area contributed by atoms with Gasteiger partial charge in [-0.3, -0.25) is 4.90 Å².